The Morgan fingerprint density at radius 3 is 2.59 bits per heavy atom. The molecular weight excluding hydrogens is 344 g/mol. The number of pyridine rings is 1. The summed E-state index contributed by atoms with van der Waals surface area (Å²) in [6.07, 6.45) is 2.44. The Bertz CT molecular complexity index is 875. The summed E-state index contributed by atoms with van der Waals surface area (Å²) in [5.41, 5.74) is 0.844. The Kier molecular flexibility index (Phi) is 6.46. The average Bonchev–Trinajstić information content (AvgIpc) is 2.72. The Morgan fingerprint density at radius 2 is 1.78 bits per heavy atom. The molecule has 0 unspecified atom stereocenters. The number of nitrogens with one attached hydrogen (secondary N) is 1. The number of rotatable bonds is 9. The molecule has 1 heterocycles. The van der Waals surface area contributed by atoms with Crippen LogP contribution in [0.5, 0.6) is 17.2 Å². The highest BCUT2D eigenvalue weighted by atomic mass is 16.5. The lowest BCUT2D eigenvalue weighted by molar-refractivity contribution is -0.123. The molecule has 6 nitrogen and oxygen atoms in total. The van der Waals surface area contributed by atoms with Crippen molar-refractivity contribution < 1.29 is 19.0 Å². The van der Waals surface area contributed by atoms with Crippen molar-refractivity contribution in [3.63, 3.8) is 0 Å². The summed E-state index contributed by atoms with van der Waals surface area (Å²) >= 11 is 0. The second-order valence-electron chi connectivity index (χ2n) is 5.85. The number of methoxy groups -OCH3 is 1. The first-order chi connectivity index (χ1) is 13.3. The monoisotopic (exact) mass is 366 g/mol. The van der Waals surface area contributed by atoms with Crippen LogP contribution in [0.25, 0.3) is 10.9 Å². The average molecular weight is 366 g/mol. The van der Waals surface area contributed by atoms with Gasteiger partial charge in [0, 0.05) is 18.1 Å². The molecule has 0 spiro atoms. The van der Waals surface area contributed by atoms with Crippen molar-refractivity contribution in [2.75, 3.05) is 26.9 Å². The third-order valence-corrected chi connectivity index (χ3v) is 3.93. The van der Waals surface area contributed by atoms with Gasteiger partial charge in [-0.1, -0.05) is 18.2 Å². The normalized spacial score (nSPS) is 10.4. The third-order valence-electron chi connectivity index (χ3n) is 3.93. The van der Waals surface area contributed by atoms with Crippen LogP contribution in [0.3, 0.4) is 0 Å². The van der Waals surface area contributed by atoms with E-state index in [9.17, 15) is 4.79 Å². The van der Waals surface area contributed by atoms with E-state index < -0.39 is 0 Å². The fourth-order valence-electron chi connectivity index (χ4n) is 2.55. The molecule has 0 saturated carbocycles. The maximum absolute atomic E-state index is 11.8. The zero-order valence-electron chi connectivity index (χ0n) is 15.2. The minimum absolute atomic E-state index is 0.0274. The van der Waals surface area contributed by atoms with Crippen LogP contribution < -0.4 is 19.5 Å². The van der Waals surface area contributed by atoms with Crippen molar-refractivity contribution in [1.82, 2.24) is 10.3 Å². The smallest absolute Gasteiger partial charge is 0.257 e. The molecule has 3 aromatic rings. The van der Waals surface area contributed by atoms with Crippen LogP contribution in [-0.2, 0) is 4.79 Å². The number of fused-ring (bicyclic) bond motifs is 1. The molecule has 6 heteroatoms. The number of aromatic nitrogens is 1. The van der Waals surface area contributed by atoms with E-state index in [1.807, 2.05) is 30.3 Å². The fraction of sp³-hybridized carbons (Fsp3) is 0.238. The maximum atomic E-state index is 11.8. The van der Waals surface area contributed by atoms with Crippen molar-refractivity contribution in [3.8, 4) is 17.2 Å². The topological polar surface area (TPSA) is 69.7 Å². The quantitative estimate of drug-likeness (QED) is 0.589. The SMILES string of the molecule is COc1ccc(OCC(=O)NCCCOc2cccc3cccnc23)cc1. The number of benzene rings is 2. The van der Waals surface area contributed by atoms with Gasteiger partial charge >= 0.3 is 0 Å². The standard InChI is InChI=1S/C21H22N2O4/c1-25-17-8-10-18(11-9-17)27-15-20(24)22-13-4-14-26-19-7-2-5-16-6-3-12-23-21(16)19/h2-3,5-12H,4,13-15H2,1H3,(H,22,24). The van der Waals surface area contributed by atoms with Gasteiger partial charge in [0.25, 0.3) is 5.91 Å². The van der Waals surface area contributed by atoms with E-state index in [-0.39, 0.29) is 12.5 Å². The van der Waals surface area contributed by atoms with E-state index in [0.717, 1.165) is 22.4 Å². The van der Waals surface area contributed by atoms with Gasteiger partial charge in [0.15, 0.2) is 6.61 Å². The molecule has 140 valence electrons. The lowest BCUT2D eigenvalue weighted by atomic mass is 10.2. The zero-order chi connectivity index (χ0) is 18.9. The first-order valence-electron chi connectivity index (χ1n) is 8.76. The molecule has 0 aliphatic heterocycles. The van der Waals surface area contributed by atoms with Crippen LogP contribution in [0.4, 0.5) is 0 Å². The summed E-state index contributed by atoms with van der Waals surface area (Å²) in [6, 6.07) is 16.8. The first kappa shape index (κ1) is 18.5. The summed E-state index contributed by atoms with van der Waals surface area (Å²) in [5.74, 6) is 1.95. The summed E-state index contributed by atoms with van der Waals surface area (Å²) in [7, 11) is 1.60. The first-order valence-corrected chi connectivity index (χ1v) is 8.76. The van der Waals surface area contributed by atoms with Gasteiger partial charge in [-0.25, -0.2) is 0 Å². The van der Waals surface area contributed by atoms with Crippen molar-refractivity contribution in [2.45, 2.75) is 6.42 Å². The summed E-state index contributed by atoms with van der Waals surface area (Å²) in [6.45, 7) is 0.985. The molecule has 3 rings (SSSR count). The van der Waals surface area contributed by atoms with Gasteiger partial charge in [0.05, 0.1) is 13.7 Å². The molecule has 0 radical (unpaired) electrons. The van der Waals surface area contributed by atoms with E-state index in [1.165, 1.54) is 0 Å². The molecule has 27 heavy (non-hydrogen) atoms. The molecular formula is C21H22N2O4. The maximum Gasteiger partial charge on any atom is 0.257 e. The molecule has 1 N–H and O–H groups in total. The van der Waals surface area contributed by atoms with Gasteiger partial charge < -0.3 is 19.5 Å². The number of para-hydroxylation sites is 1. The Balaban J connectivity index is 1.35. The van der Waals surface area contributed by atoms with Crippen molar-refractivity contribution in [2.24, 2.45) is 0 Å². The van der Waals surface area contributed by atoms with Crippen molar-refractivity contribution >= 4 is 16.8 Å². The van der Waals surface area contributed by atoms with E-state index in [1.54, 1.807) is 37.6 Å². The van der Waals surface area contributed by atoms with Crippen LogP contribution in [-0.4, -0.2) is 37.8 Å². The predicted molar refractivity (Wildman–Crippen MR) is 103 cm³/mol. The minimum Gasteiger partial charge on any atom is -0.497 e. The lowest BCUT2D eigenvalue weighted by Crippen LogP contribution is -2.30. The molecule has 0 atom stereocenters. The van der Waals surface area contributed by atoms with Gasteiger partial charge in [-0.15, -0.1) is 0 Å². The number of amides is 1. The number of carbonyl (C=O) groups excluding carboxylic acids is 1. The third kappa shape index (κ3) is 5.34. The zero-order valence-corrected chi connectivity index (χ0v) is 15.2. The predicted octanol–water partition coefficient (Wildman–Crippen LogP) is 3.21. The van der Waals surface area contributed by atoms with E-state index in [0.29, 0.717) is 25.3 Å². The van der Waals surface area contributed by atoms with Crippen molar-refractivity contribution in [1.29, 1.82) is 0 Å². The molecule has 0 bridgehead atoms. The van der Waals surface area contributed by atoms with Crippen LogP contribution in [0, 0.1) is 0 Å². The van der Waals surface area contributed by atoms with E-state index in [2.05, 4.69) is 10.3 Å². The second-order valence-corrected chi connectivity index (χ2v) is 5.85. The summed E-state index contributed by atoms with van der Waals surface area (Å²) in [5, 5.41) is 3.86. The number of hydrogen-bond acceptors (Lipinski definition) is 5. The van der Waals surface area contributed by atoms with Crippen LogP contribution >= 0.6 is 0 Å². The van der Waals surface area contributed by atoms with Crippen LogP contribution in [0.2, 0.25) is 0 Å². The Hall–Kier alpha value is -3.28. The molecule has 0 aliphatic carbocycles. The second kappa shape index (κ2) is 9.43. The largest absolute Gasteiger partial charge is 0.497 e. The number of hydrogen-bond donors (Lipinski definition) is 1. The van der Waals surface area contributed by atoms with Gasteiger partial charge in [-0.3, -0.25) is 9.78 Å². The Labute approximate surface area is 158 Å². The lowest BCUT2D eigenvalue weighted by Gasteiger charge is -2.10. The van der Waals surface area contributed by atoms with Gasteiger partial charge in [-0.05, 0) is 42.8 Å². The Morgan fingerprint density at radius 1 is 1.00 bits per heavy atom. The molecule has 0 saturated heterocycles. The summed E-state index contributed by atoms with van der Waals surface area (Å²) < 4.78 is 16.3. The number of carbonyl (C=O) groups is 1. The summed E-state index contributed by atoms with van der Waals surface area (Å²) in [4.78, 5) is 16.2. The van der Waals surface area contributed by atoms with Crippen LogP contribution in [0.15, 0.2) is 60.8 Å². The molecule has 1 amide bonds. The van der Waals surface area contributed by atoms with E-state index in [4.69, 9.17) is 14.2 Å². The minimum atomic E-state index is -0.169. The molecule has 0 aliphatic rings. The highest BCUT2D eigenvalue weighted by Crippen LogP contribution is 2.22. The van der Waals surface area contributed by atoms with Gasteiger partial charge in [-0.2, -0.15) is 0 Å². The number of ether oxygens (including phenoxy) is 3. The van der Waals surface area contributed by atoms with E-state index >= 15 is 0 Å². The van der Waals surface area contributed by atoms with Crippen molar-refractivity contribution in [3.05, 3.63) is 60.8 Å². The van der Waals surface area contributed by atoms with Gasteiger partial charge in [0.2, 0.25) is 0 Å². The van der Waals surface area contributed by atoms with Gasteiger partial charge in [0.1, 0.15) is 22.8 Å². The fourth-order valence-corrected chi connectivity index (χ4v) is 2.55. The molecule has 1 aromatic heterocycles. The highest BCUT2D eigenvalue weighted by molar-refractivity contribution is 5.84. The molecule has 0 fully saturated rings. The number of nitrogens with zero attached hydrogens (tertiary/aromatic N) is 1. The highest BCUT2D eigenvalue weighted by Gasteiger charge is 2.04. The van der Waals surface area contributed by atoms with Crippen LogP contribution in [0.1, 0.15) is 6.42 Å². The molecule has 2 aromatic carbocycles.